The van der Waals surface area contributed by atoms with Gasteiger partial charge in [-0.3, -0.25) is 4.79 Å². The molecule has 0 radical (unpaired) electrons. The predicted octanol–water partition coefficient (Wildman–Crippen LogP) is 3.76. The van der Waals surface area contributed by atoms with Gasteiger partial charge < -0.3 is 10.1 Å². The Labute approximate surface area is 131 Å². The molecule has 0 bridgehead atoms. The highest BCUT2D eigenvalue weighted by Crippen LogP contribution is 2.22. The smallest absolute Gasteiger partial charge is 0.348 e. The van der Waals surface area contributed by atoms with Crippen LogP contribution in [-0.4, -0.2) is 18.5 Å². The van der Waals surface area contributed by atoms with E-state index >= 15 is 0 Å². The molecule has 1 amide bonds. The fourth-order valence-corrected chi connectivity index (χ4v) is 2.70. The number of hydrogen-bond acceptors (Lipinski definition) is 4. The van der Waals surface area contributed by atoms with E-state index in [0.717, 1.165) is 29.0 Å². The zero-order valence-corrected chi connectivity index (χ0v) is 13.0. The van der Waals surface area contributed by atoms with E-state index in [1.165, 1.54) is 0 Å². The van der Waals surface area contributed by atoms with Crippen LogP contribution in [0.15, 0.2) is 36.4 Å². The van der Waals surface area contributed by atoms with Crippen LogP contribution in [0.1, 0.15) is 22.2 Å². The molecular formula is C15H14ClNO3S. The fourth-order valence-electron chi connectivity index (χ4n) is 1.76. The first kappa shape index (κ1) is 15.5. The maximum Gasteiger partial charge on any atom is 0.348 e. The van der Waals surface area contributed by atoms with Crippen LogP contribution in [0.4, 0.5) is 5.69 Å². The Morgan fingerprint density at radius 3 is 2.67 bits per heavy atom. The summed E-state index contributed by atoms with van der Waals surface area (Å²) in [4.78, 5) is 23.9. The molecule has 1 aromatic heterocycles. The molecule has 0 atom stereocenters. The van der Waals surface area contributed by atoms with Gasteiger partial charge in [0.2, 0.25) is 0 Å². The van der Waals surface area contributed by atoms with Crippen LogP contribution in [0.25, 0.3) is 0 Å². The van der Waals surface area contributed by atoms with Crippen LogP contribution in [0.5, 0.6) is 0 Å². The summed E-state index contributed by atoms with van der Waals surface area (Å²) in [5.74, 6) is -0.919. The number of carbonyl (C=O) groups excluding carboxylic acids is 2. The maximum atomic E-state index is 11.8. The highest BCUT2D eigenvalue weighted by molar-refractivity contribution is 7.17. The van der Waals surface area contributed by atoms with Crippen LogP contribution in [0, 0.1) is 0 Å². The van der Waals surface area contributed by atoms with Crippen LogP contribution in [0.3, 0.4) is 0 Å². The number of halogens is 1. The van der Waals surface area contributed by atoms with E-state index in [0.29, 0.717) is 9.21 Å². The molecule has 0 saturated carbocycles. The van der Waals surface area contributed by atoms with E-state index in [-0.39, 0.29) is 12.5 Å². The molecule has 2 aromatic rings. The number of thiophene rings is 1. The van der Waals surface area contributed by atoms with E-state index in [9.17, 15) is 9.59 Å². The lowest BCUT2D eigenvalue weighted by Crippen LogP contribution is -2.21. The van der Waals surface area contributed by atoms with E-state index in [4.69, 9.17) is 16.3 Å². The summed E-state index contributed by atoms with van der Waals surface area (Å²) in [7, 11) is 0. The SMILES string of the molecule is CCc1ccccc1NC(=O)COC(=O)c1ccc(Cl)s1. The van der Waals surface area contributed by atoms with Crippen molar-refractivity contribution in [3.63, 3.8) is 0 Å². The summed E-state index contributed by atoms with van der Waals surface area (Å²) in [6.07, 6.45) is 0.809. The molecule has 1 aromatic carbocycles. The molecule has 0 unspecified atom stereocenters. The average molecular weight is 324 g/mol. The van der Waals surface area contributed by atoms with Gasteiger partial charge in [-0.1, -0.05) is 36.7 Å². The third-order valence-corrected chi connectivity index (χ3v) is 3.99. The Balaban J connectivity index is 1.89. The van der Waals surface area contributed by atoms with Crippen LogP contribution in [-0.2, 0) is 16.0 Å². The van der Waals surface area contributed by atoms with Crippen molar-refractivity contribution in [2.75, 3.05) is 11.9 Å². The summed E-state index contributed by atoms with van der Waals surface area (Å²) < 4.78 is 5.45. The van der Waals surface area contributed by atoms with E-state index in [2.05, 4.69) is 5.32 Å². The van der Waals surface area contributed by atoms with Gasteiger partial charge in [0.15, 0.2) is 6.61 Å². The maximum absolute atomic E-state index is 11.8. The molecule has 4 nitrogen and oxygen atoms in total. The highest BCUT2D eigenvalue weighted by Gasteiger charge is 2.13. The van der Waals surface area contributed by atoms with Gasteiger partial charge >= 0.3 is 5.97 Å². The third-order valence-electron chi connectivity index (χ3n) is 2.78. The molecule has 110 valence electrons. The first-order valence-corrected chi connectivity index (χ1v) is 7.59. The second kappa shape index (κ2) is 7.24. The number of amides is 1. The summed E-state index contributed by atoms with van der Waals surface area (Å²) in [6.45, 7) is 1.68. The number of ether oxygens (including phenoxy) is 1. The lowest BCUT2D eigenvalue weighted by atomic mass is 10.1. The molecule has 0 saturated heterocycles. The summed E-state index contributed by atoms with van der Waals surface area (Å²) in [5, 5.41) is 2.73. The first-order chi connectivity index (χ1) is 10.1. The van der Waals surface area contributed by atoms with Crippen molar-refractivity contribution in [1.29, 1.82) is 0 Å². The molecule has 2 rings (SSSR count). The first-order valence-electron chi connectivity index (χ1n) is 6.40. The largest absolute Gasteiger partial charge is 0.451 e. The zero-order valence-electron chi connectivity index (χ0n) is 11.4. The second-order valence-electron chi connectivity index (χ2n) is 4.24. The standard InChI is InChI=1S/C15H14ClNO3S/c1-2-10-5-3-4-6-11(10)17-14(18)9-20-15(19)12-7-8-13(16)21-12/h3-8H,2,9H2,1H3,(H,17,18). The molecule has 0 aliphatic carbocycles. The predicted molar refractivity (Wildman–Crippen MR) is 84.1 cm³/mol. The third kappa shape index (κ3) is 4.31. The van der Waals surface area contributed by atoms with Gasteiger partial charge in [0.25, 0.3) is 5.91 Å². The van der Waals surface area contributed by atoms with Crippen molar-refractivity contribution in [2.45, 2.75) is 13.3 Å². The van der Waals surface area contributed by atoms with E-state index in [1.807, 2.05) is 31.2 Å². The number of rotatable bonds is 5. The van der Waals surface area contributed by atoms with Gasteiger partial charge in [-0.2, -0.15) is 0 Å². The molecule has 0 aliphatic heterocycles. The van der Waals surface area contributed by atoms with Crippen molar-refractivity contribution < 1.29 is 14.3 Å². The molecule has 0 spiro atoms. The lowest BCUT2D eigenvalue weighted by molar-refractivity contribution is -0.119. The molecule has 1 heterocycles. The number of esters is 1. The molecule has 0 aliphatic rings. The number of benzene rings is 1. The monoisotopic (exact) mass is 323 g/mol. The Kier molecular flexibility index (Phi) is 5.36. The minimum absolute atomic E-state index is 0.327. The van der Waals surface area contributed by atoms with Gasteiger partial charge in [0.1, 0.15) is 4.88 Å². The van der Waals surface area contributed by atoms with Crippen molar-refractivity contribution in [3.05, 3.63) is 51.2 Å². The van der Waals surface area contributed by atoms with Gasteiger partial charge in [-0.25, -0.2) is 4.79 Å². The van der Waals surface area contributed by atoms with Gasteiger partial charge in [0.05, 0.1) is 4.34 Å². The Bertz CT molecular complexity index is 654. The van der Waals surface area contributed by atoms with Crippen molar-refractivity contribution >= 4 is 40.5 Å². The fraction of sp³-hybridized carbons (Fsp3) is 0.200. The Hall–Kier alpha value is -1.85. The number of anilines is 1. The molecule has 1 N–H and O–H groups in total. The van der Waals surface area contributed by atoms with E-state index in [1.54, 1.807) is 12.1 Å². The van der Waals surface area contributed by atoms with Gasteiger partial charge in [0, 0.05) is 5.69 Å². The molecule has 6 heteroatoms. The van der Waals surface area contributed by atoms with Crippen molar-refractivity contribution in [2.24, 2.45) is 0 Å². The Morgan fingerprint density at radius 1 is 1.24 bits per heavy atom. The normalized spacial score (nSPS) is 10.2. The highest BCUT2D eigenvalue weighted by atomic mass is 35.5. The zero-order chi connectivity index (χ0) is 15.2. The lowest BCUT2D eigenvalue weighted by Gasteiger charge is -2.09. The number of nitrogens with one attached hydrogen (secondary N) is 1. The van der Waals surface area contributed by atoms with Crippen molar-refractivity contribution in [3.8, 4) is 0 Å². The summed E-state index contributed by atoms with van der Waals surface area (Å²) in [5.41, 5.74) is 1.77. The number of aryl methyl sites for hydroxylation is 1. The van der Waals surface area contributed by atoms with E-state index < -0.39 is 5.97 Å². The topological polar surface area (TPSA) is 55.4 Å². The number of carbonyl (C=O) groups is 2. The van der Waals surface area contributed by atoms with Crippen molar-refractivity contribution in [1.82, 2.24) is 0 Å². The summed E-state index contributed by atoms with van der Waals surface area (Å²) >= 11 is 6.86. The number of para-hydroxylation sites is 1. The van der Waals surface area contributed by atoms with Crippen LogP contribution >= 0.6 is 22.9 Å². The Morgan fingerprint density at radius 2 is 2.00 bits per heavy atom. The number of hydrogen-bond donors (Lipinski definition) is 1. The minimum Gasteiger partial charge on any atom is -0.451 e. The van der Waals surface area contributed by atoms with Gasteiger partial charge in [-0.15, -0.1) is 11.3 Å². The van der Waals surface area contributed by atoms with Crippen LogP contribution in [0.2, 0.25) is 4.34 Å². The molecular weight excluding hydrogens is 310 g/mol. The van der Waals surface area contributed by atoms with Gasteiger partial charge in [-0.05, 0) is 30.2 Å². The minimum atomic E-state index is -0.550. The second-order valence-corrected chi connectivity index (χ2v) is 5.95. The molecule has 0 fully saturated rings. The molecule has 21 heavy (non-hydrogen) atoms. The quantitative estimate of drug-likeness (QED) is 0.852. The van der Waals surface area contributed by atoms with Crippen LogP contribution < -0.4 is 5.32 Å². The average Bonchev–Trinajstić information content (AvgIpc) is 2.92. The summed E-state index contributed by atoms with van der Waals surface area (Å²) in [6, 6.07) is 10.7.